The average molecular weight is 446 g/mol. The summed E-state index contributed by atoms with van der Waals surface area (Å²) in [6.07, 6.45) is 3.90. The van der Waals surface area contributed by atoms with Crippen LogP contribution in [0.15, 0.2) is 30.5 Å². The number of aryl methyl sites for hydroxylation is 1. The van der Waals surface area contributed by atoms with Crippen LogP contribution < -0.4 is 15.8 Å². The Kier molecular flexibility index (Phi) is 7.23. The second kappa shape index (κ2) is 9.73. The maximum absolute atomic E-state index is 14.7. The van der Waals surface area contributed by atoms with E-state index in [1.165, 1.54) is 12.1 Å². The molecule has 5 nitrogen and oxygen atoms in total. The Hall–Kier alpha value is -2.87. The van der Waals surface area contributed by atoms with Gasteiger partial charge in [0.05, 0.1) is 11.3 Å². The molecule has 1 N–H and O–H groups in total. The smallest absolute Gasteiger partial charge is 0.273 e. The van der Waals surface area contributed by atoms with Crippen LogP contribution >= 0.6 is 0 Å². The number of nitrogens with zero attached hydrogens (tertiary/aromatic N) is 4. The quantitative estimate of drug-likeness (QED) is 0.741. The summed E-state index contributed by atoms with van der Waals surface area (Å²) in [5, 5.41) is 13.2. The van der Waals surface area contributed by atoms with Crippen LogP contribution in [0.5, 0.6) is 0 Å². The molecule has 1 aliphatic heterocycles. The second-order valence-electron chi connectivity index (χ2n) is 8.20. The molecule has 3 rings (SSSR count). The van der Waals surface area contributed by atoms with Crippen molar-refractivity contribution in [2.75, 3.05) is 38.5 Å². The van der Waals surface area contributed by atoms with Gasteiger partial charge in [0.25, 0.3) is 5.92 Å². The molecule has 1 fully saturated rings. The van der Waals surface area contributed by atoms with Gasteiger partial charge in [-0.05, 0) is 27.0 Å². The van der Waals surface area contributed by atoms with Crippen LogP contribution in [0.3, 0.4) is 0 Å². The minimum absolute atomic E-state index is 0.00151. The number of halogens is 3. The number of hydrogen-bond donors (Lipinski definition) is 1. The van der Waals surface area contributed by atoms with Crippen molar-refractivity contribution in [1.29, 1.82) is 0 Å². The van der Waals surface area contributed by atoms with E-state index in [0.717, 1.165) is 54.1 Å². The molecule has 0 spiro atoms. The number of alkyl halides is 2. The number of likely N-dealkylation sites (N-methyl/N-ethyl adjacent to an activating group) is 1. The third kappa shape index (κ3) is 5.30. The number of hydrogen-bond acceptors (Lipinski definition) is 5. The van der Waals surface area contributed by atoms with E-state index in [1.807, 2.05) is 26.0 Å². The van der Waals surface area contributed by atoms with Gasteiger partial charge in [-0.25, -0.2) is 13.2 Å². The van der Waals surface area contributed by atoms with Crippen molar-refractivity contribution >= 4 is 18.0 Å². The molecule has 172 valence electrons. The molecule has 0 bridgehead atoms. The van der Waals surface area contributed by atoms with E-state index in [9.17, 15) is 13.2 Å². The van der Waals surface area contributed by atoms with E-state index in [4.69, 9.17) is 0 Å². The molecule has 2 heterocycles. The van der Waals surface area contributed by atoms with Crippen molar-refractivity contribution in [2.24, 2.45) is 0 Å². The van der Waals surface area contributed by atoms with Crippen LogP contribution in [0.25, 0.3) is 12.2 Å². The monoisotopic (exact) mass is 445 g/mol. The Labute approximate surface area is 186 Å². The summed E-state index contributed by atoms with van der Waals surface area (Å²) in [5.41, 5.74) is 1.13. The molecule has 0 aliphatic carbocycles. The predicted octanol–water partition coefficient (Wildman–Crippen LogP) is 2.99. The molecule has 1 aliphatic rings. The zero-order valence-electron chi connectivity index (χ0n) is 19.1. The van der Waals surface area contributed by atoms with E-state index in [-0.39, 0.29) is 12.1 Å². The number of piperazine rings is 1. The molecule has 0 amide bonds. The first kappa shape index (κ1) is 23.8. The summed E-state index contributed by atoms with van der Waals surface area (Å²) in [6.45, 7) is 12.4. The molecule has 8 heteroatoms. The van der Waals surface area contributed by atoms with Crippen LogP contribution in [0, 0.1) is 12.7 Å². The molecule has 0 atom stereocenters. The van der Waals surface area contributed by atoms with Gasteiger partial charge in [-0.2, -0.15) is 5.10 Å². The molecule has 1 aromatic heterocycles. The highest BCUT2D eigenvalue weighted by Crippen LogP contribution is 2.30. The van der Waals surface area contributed by atoms with E-state index in [1.54, 1.807) is 0 Å². The topological polar surface area (TPSA) is 44.3 Å². The summed E-state index contributed by atoms with van der Waals surface area (Å²) in [6, 6.07) is 4.02. The van der Waals surface area contributed by atoms with Crippen LogP contribution in [0.2, 0.25) is 0 Å². The highest BCUT2D eigenvalue weighted by Gasteiger charge is 2.29. The zero-order valence-corrected chi connectivity index (χ0v) is 19.1. The van der Waals surface area contributed by atoms with Crippen LogP contribution in [0.1, 0.15) is 30.7 Å². The second-order valence-corrected chi connectivity index (χ2v) is 8.20. The lowest BCUT2D eigenvalue weighted by molar-refractivity contribution is 0.0136. The third-order valence-corrected chi connectivity index (χ3v) is 5.74. The van der Waals surface area contributed by atoms with Gasteiger partial charge in [-0.1, -0.05) is 30.9 Å². The molecular weight excluding hydrogens is 415 g/mol. The normalized spacial score (nSPS) is 16.5. The van der Waals surface area contributed by atoms with Gasteiger partial charge in [0, 0.05) is 61.3 Å². The fourth-order valence-electron chi connectivity index (χ4n) is 3.78. The summed E-state index contributed by atoms with van der Waals surface area (Å²) < 4.78 is 42.1. The first-order valence-electron chi connectivity index (χ1n) is 10.6. The summed E-state index contributed by atoms with van der Waals surface area (Å²) in [4.78, 5) is 4.48. The Morgan fingerprint density at radius 1 is 1.19 bits per heavy atom. The van der Waals surface area contributed by atoms with Crippen LogP contribution in [-0.2, 0) is 12.5 Å². The van der Waals surface area contributed by atoms with Crippen molar-refractivity contribution in [3.05, 3.63) is 63.6 Å². The van der Waals surface area contributed by atoms with Gasteiger partial charge in [-0.15, -0.1) is 5.10 Å². The van der Waals surface area contributed by atoms with Crippen LogP contribution in [0.4, 0.5) is 19.0 Å². The summed E-state index contributed by atoms with van der Waals surface area (Å²) in [5.74, 6) is -3.72. The number of benzene rings is 1. The van der Waals surface area contributed by atoms with Crippen molar-refractivity contribution in [3.8, 4) is 0 Å². The molecule has 0 unspecified atom stereocenters. The average Bonchev–Trinajstić information content (AvgIpc) is 2.74. The van der Waals surface area contributed by atoms with Gasteiger partial charge < -0.3 is 15.1 Å². The lowest BCUT2D eigenvalue weighted by Crippen LogP contribution is -2.44. The number of nitrogens with one attached hydrogen (secondary N) is 1. The summed E-state index contributed by atoms with van der Waals surface area (Å²) in [7, 11) is 2.09. The number of anilines is 1. The lowest BCUT2D eigenvalue weighted by atomic mass is 10.0. The molecule has 32 heavy (non-hydrogen) atoms. The molecule has 2 aromatic rings. The molecular formula is C24H30F3N5. The molecule has 0 saturated carbocycles. The van der Waals surface area contributed by atoms with Gasteiger partial charge in [0.15, 0.2) is 5.82 Å². The van der Waals surface area contributed by atoms with Gasteiger partial charge in [0.1, 0.15) is 5.82 Å². The first-order chi connectivity index (χ1) is 15.1. The maximum atomic E-state index is 14.7. The highest BCUT2D eigenvalue weighted by atomic mass is 19.3. The minimum atomic E-state index is -3.26. The fraction of sp³-hybridized carbons (Fsp3) is 0.417. The zero-order chi connectivity index (χ0) is 23.5. The molecule has 1 saturated heterocycles. The number of allylic oxidation sites excluding steroid dienone is 1. The van der Waals surface area contributed by atoms with E-state index >= 15 is 0 Å². The van der Waals surface area contributed by atoms with Crippen molar-refractivity contribution in [1.82, 2.24) is 20.0 Å². The van der Waals surface area contributed by atoms with Gasteiger partial charge >= 0.3 is 0 Å². The van der Waals surface area contributed by atoms with Crippen molar-refractivity contribution in [3.63, 3.8) is 0 Å². The lowest BCUT2D eigenvalue weighted by Gasteiger charge is -2.34. The first-order valence-corrected chi connectivity index (χ1v) is 10.6. The standard InChI is InChI=1S/C24H30F3N5/c1-6-19-17(3)29-30-23(20(19)14-16(2)32-12-10-31(5)11-13-32)28-15-18-8-7-9-21(22(18)25)24(4,26)27/h6-9,14H,2,10-13,15H2,1,3-5H3,(H,28,30)/b19-6-,20-14+. The summed E-state index contributed by atoms with van der Waals surface area (Å²) >= 11 is 0. The molecule has 1 aromatic carbocycles. The van der Waals surface area contributed by atoms with Crippen molar-refractivity contribution in [2.45, 2.75) is 33.2 Å². The third-order valence-electron chi connectivity index (χ3n) is 5.74. The molecule has 0 radical (unpaired) electrons. The van der Waals surface area contributed by atoms with E-state index in [2.05, 4.69) is 38.9 Å². The fourth-order valence-corrected chi connectivity index (χ4v) is 3.78. The Balaban J connectivity index is 1.94. The Morgan fingerprint density at radius 3 is 2.50 bits per heavy atom. The highest BCUT2D eigenvalue weighted by molar-refractivity contribution is 5.53. The van der Waals surface area contributed by atoms with E-state index in [0.29, 0.717) is 12.7 Å². The SMILES string of the molecule is C=C(/C=c1/c(NCc2cccc(C(C)(F)F)c2F)nnc(C)/c1=C/C)N1CCN(C)CC1. The minimum Gasteiger partial charge on any atom is -0.369 e. The van der Waals surface area contributed by atoms with Gasteiger partial charge in [0.2, 0.25) is 0 Å². The largest absolute Gasteiger partial charge is 0.369 e. The van der Waals surface area contributed by atoms with Crippen molar-refractivity contribution < 1.29 is 13.2 Å². The van der Waals surface area contributed by atoms with Crippen LogP contribution in [-0.4, -0.2) is 53.2 Å². The Bertz CT molecular complexity index is 1100. The maximum Gasteiger partial charge on any atom is 0.273 e. The predicted molar refractivity (Wildman–Crippen MR) is 122 cm³/mol. The number of rotatable bonds is 6. The Morgan fingerprint density at radius 2 is 1.88 bits per heavy atom. The number of aromatic nitrogens is 2. The van der Waals surface area contributed by atoms with E-state index < -0.39 is 17.3 Å². The van der Waals surface area contributed by atoms with Gasteiger partial charge in [-0.3, -0.25) is 0 Å².